The minimum atomic E-state index is -0.614. The second kappa shape index (κ2) is 11.5. The predicted molar refractivity (Wildman–Crippen MR) is 227 cm³/mol. The van der Waals surface area contributed by atoms with Crippen LogP contribution in [0, 0.1) is 0 Å². The summed E-state index contributed by atoms with van der Waals surface area (Å²) in [6.07, 6.45) is -0.614. The molecule has 1 unspecified atom stereocenters. The van der Waals surface area contributed by atoms with Gasteiger partial charge in [-0.25, -0.2) is 9.98 Å². The molecule has 4 heterocycles. The maximum absolute atomic E-state index is 6.53. The van der Waals surface area contributed by atoms with Crippen molar-refractivity contribution in [2.45, 2.75) is 6.29 Å². The molecule has 8 aromatic carbocycles. The Kier molecular flexibility index (Phi) is 6.30. The van der Waals surface area contributed by atoms with Crippen LogP contribution < -0.4 is 5.32 Å². The van der Waals surface area contributed by atoms with Gasteiger partial charge >= 0.3 is 0 Å². The Balaban J connectivity index is 1.15. The van der Waals surface area contributed by atoms with Gasteiger partial charge in [0.2, 0.25) is 6.29 Å². The van der Waals surface area contributed by atoms with Gasteiger partial charge in [-0.15, -0.1) is 0 Å². The monoisotopic (exact) mass is 705 g/mol. The van der Waals surface area contributed by atoms with Gasteiger partial charge in [0.05, 0.1) is 22.1 Å². The van der Waals surface area contributed by atoms with Gasteiger partial charge in [0.25, 0.3) is 0 Å². The van der Waals surface area contributed by atoms with Gasteiger partial charge in [-0.1, -0.05) is 133 Å². The Morgan fingerprint density at radius 3 is 1.87 bits per heavy atom. The van der Waals surface area contributed by atoms with Gasteiger partial charge in [0.1, 0.15) is 22.8 Å². The summed E-state index contributed by atoms with van der Waals surface area (Å²) in [5.41, 5.74) is 9.15. The quantitative estimate of drug-likeness (QED) is 0.198. The van der Waals surface area contributed by atoms with Crippen LogP contribution in [-0.2, 0) is 0 Å². The Morgan fingerprint density at radius 1 is 0.455 bits per heavy atom. The van der Waals surface area contributed by atoms with Crippen molar-refractivity contribution in [1.82, 2.24) is 14.5 Å². The van der Waals surface area contributed by atoms with Gasteiger partial charge in [-0.3, -0.25) is 4.57 Å². The van der Waals surface area contributed by atoms with Crippen LogP contribution >= 0.6 is 0 Å². The zero-order valence-electron chi connectivity index (χ0n) is 29.5. The van der Waals surface area contributed by atoms with E-state index in [9.17, 15) is 0 Å². The molecule has 0 spiro atoms. The van der Waals surface area contributed by atoms with E-state index in [2.05, 4.69) is 172 Å². The van der Waals surface area contributed by atoms with Crippen LogP contribution in [0.15, 0.2) is 190 Å². The number of nitrogens with zero attached hydrogens (tertiary/aromatic N) is 4. The molecule has 0 radical (unpaired) electrons. The third-order valence-corrected chi connectivity index (χ3v) is 11.2. The lowest BCUT2D eigenvalue weighted by Gasteiger charge is -2.24. The van der Waals surface area contributed by atoms with Crippen molar-refractivity contribution in [3.05, 3.63) is 187 Å². The number of nitrogens with one attached hydrogen (secondary N) is 1. The number of hydrogen-bond acceptors (Lipinski definition) is 4. The number of aliphatic imine (C=N–C) groups is 2. The molecule has 1 atom stereocenters. The fraction of sp³-hybridized carbons (Fsp3) is 0.0204. The van der Waals surface area contributed by atoms with E-state index in [0.717, 1.165) is 83.3 Å². The molecule has 0 saturated carbocycles. The summed E-state index contributed by atoms with van der Waals surface area (Å²) in [5.74, 6) is 1.49. The van der Waals surface area contributed by atoms with E-state index in [1.54, 1.807) is 0 Å². The average Bonchev–Trinajstić information content (AvgIpc) is 3.92. The maximum Gasteiger partial charge on any atom is 0.225 e. The van der Waals surface area contributed by atoms with Crippen LogP contribution in [-0.4, -0.2) is 20.8 Å². The van der Waals surface area contributed by atoms with E-state index < -0.39 is 6.29 Å². The number of furan rings is 1. The molecule has 6 heteroatoms. The van der Waals surface area contributed by atoms with E-state index in [0.29, 0.717) is 0 Å². The molecule has 55 heavy (non-hydrogen) atoms. The zero-order valence-corrected chi connectivity index (χ0v) is 29.5. The van der Waals surface area contributed by atoms with Crippen LogP contribution in [0.25, 0.3) is 82.0 Å². The van der Waals surface area contributed by atoms with Crippen LogP contribution in [0.3, 0.4) is 0 Å². The highest BCUT2D eigenvalue weighted by atomic mass is 16.3. The first kappa shape index (κ1) is 30.1. The molecule has 0 saturated heterocycles. The van der Waals surface area contributed by atoms with Crippen molar-refractivity contribution in [2.24, 2.45) is 9.98 Å². The van der Waals surface area contributed by atoms with Crippen LogP contribution in [0.5, 0.6) is 0 Å². The number of para-hydroxylation sites is 3. The molecule has 1 N–H and O–H groups in total. The lowest BCUT2D eigenvalue weighted by Crippen LogP contribution is -2.36. The predicted octanol–water partition coefficient (Wildman–Crippen LogP) is 11.9. The second-order valence-corrected chi connectivity index (χ2v) is 14.2. The third kappa shape index (κ3) is 4.42. The van der Waals surface area contributed by atoms with E-state index in [1.165, 1.54) is 21.5 Å². The van der Waals surface area contributed by atoms with Crippen LogP contribution in [0.1, 0.15) is 17.4 Å². The summed E-state index contributed by atoms with van der Waals surface area (Å²) in [5, 5.41) is 12.9. The topological polar surface area (TPSA) is 59.8 Å². The summed E-state index contributed by atoms with van der Waals surface area (Å²) in [4.78, 5) is 10.9. The zero-order chi connectivity index (χ0) is 36.0. The van der Waals surface area contributed by atoms with Crippen molar-refractivity contribution in [3.8, 4) is 5.69 Å². The normalized spacial score (nSPS) is 14.7. The highest BCUT2D eigenvalue weighted by Gasteiger charge is 2.27. The largest absolute Gasteiger partial charge is 0.456 e. The number of fused-ring (bicyclic) bond motifs is 12. The summed E-state index contributed by atoms with van der Waals surface area (Å²) in [7, 11) is 0. The van der Waals surface area contributed by atoms with Gasteiger partial charge in [-0.05, 0) is 53.2 Å². The number of aromatic nitrogens is 2. The molecular weight excluding hydrogens is 675 g/mol. The summed E-state index contributed by atoms with van der Waals surface area (Å²) in [6.45, 7) is 0. The first-order valence-corrected chi connectivity index (χ1v) is 18.6. The van der Waals surface area contributed by atoms with Crippen LogP contribution in [0.4, 0.5) is 0 Å². The van der Waals surface area contributed by atoms with Crippen molar-refractivity contribution in [1.29, 1.82) is 0 Å². The van der Waals surface area contributed by atoms with Gasteiger partial charge < -0.3 is 14.3 Å². The molecule has 0 aliphatic carbocycles. The summed E-state index contributed by atoms with van der Waals surface area (Å²) < 4.78 is 11.3. The number of hydrogen-bond donors (Lipinski definition) is 1. The number of benzene rings is 8. The minimum Gasteiger partial charge on any atom is -0.456 e. The molecule has 0 bridgehead atoms. The molecule has 3 aromatic heterocycles. The van der Waals surface area contributed by atoms with Gasteiger partial charge in [-0.2, -0.15) is 0 Å². The lowest BCUT2D eigenvalue weighted by atomic mass is 10.0. The van der Waals surface area contributed by atoms with Gasteiger partial charge in [0.15, 0.2) is 0 Å². The van der Waals surface area contributed by atoms with Crippen molar-refractivity contribution >= 4 is 88.0 Å². The average molecular weight is 706 g/mol. The molecule has 1 aliphatic rings. The summed E-state index contributed by atoms with van der Waals surface area (Å²) >= 11 is 0. The fourth-order valence-electron chi connectivity index (χ4n) is 8.75. The fourth-order valence-corrected chi connectivity index (χ4v) is 8.75. The third-order valence-electron chi connectivity index (χ3n) is 11.2. The smallest absolute Gasteiger partial charge is 0.225 e. The molecule has 0 amide bonds. The molecule has 12 rings (SSSR count). The van der Waals surface area contributed by atoms with E-state index >= 15 is 0 Å². The first-order chi connectivity index (χ1) is 27.3. The van der Waals surface area contributed by atoms with Crippen molar-refractivity contribution in [3.63, 3.8) is 0 Å². The molecule has 258 valence electrons. The van der Waals surface area contributed by atoms with E-state index in [1.807, 2.05) is 18.2 Å². The highest BCUT2D eigenvalue weighted by molar-refractivity contribution is 6.24. The Morgan fingerprint density at radius 2 is 1.07 bits per heavy atom. The Labute approximate surface area is 314 Å². The highest BCUT2D eigenvalue weighted by Crippen LogP contribution is 2.43. The van der Waals surface area contributed by atoms with Crippen molar-refractivity contribution < 1.29 is 4.42 Å². The SMILES string of the molecule is c1ccc(C2=NC(n3c4ccccc4c4ccc5c6ccccc6n(-c6ccccc6)c5c43)N=C(c3ccc4c(c3)oc3ccc5ccccc5c34)N2)cc1. The molecule has 1 aliphatic heterocycles. The van der Waals surface area contributed by atoms with Gasteiger partial charge in [0, 0.05) is 49.1 Å². The minimum absolute atomic E-state index is 0.614. The molecule has 0 fully saturated rings. The standard InChI is InChI=1S/C49H31N5O/c1-3-14-31(15-4-1)47-50-48(32-23-25-39-43(29-32)55-42-28-24-30-13-7-8-18-34(30)44(39)42)52-49(51-47)54-41-22-12-10-20-36(41)38-27-26-37-35-19-9-11-21-40(35)53(45(37)46(38)54)33-16-5-2-6-17-33/h1-29,49H,(H,50,51,52). The number of amidine groups is 2. The van der Waals surface area contributed by atoms with E-state index in [-0.39, 0.29) is 0 Å². The van der Waals surface area contributed by atoms with Crippen molar-refractivity contribution in [2.75, 3.05) is 0 Å². The number of rotatable bonds is 4. The lowest BCUT2D eigenvalue weighted by molar-refractivity contribution is 0.576. The maximum atomic E-state index is 6.53. The summed E-state index contributed by atoms with van der Waals surface area (Å²) in [6, 6.07) is 61.9. The molecule has 11 aromatic rings. The second-order valence-electron chi connectivity index (χ2n) is 14.2. The Hall–Kier alpha value is -7.44. The first-order valence-electron chi connectivity index (χ1n) is 18.6. The van der Waals surface area contributed by atoms with Crippen LogP contribution in [0.2, 0.25) is 0 Å². The van der Waals surface area contributed by atoms with E-state index in [4.69, 9.17) is 14.4 Å². The Bertz CT molecular complexity index is 3400. The molecule has 6 nitrogen and oxygen atoms in total. The molecular formula is C49H31N5O.